The zero-order valence-electron chi connectivity index (χ0n) is 15.1. The molecule has 0 unspecified atom stereocenters. The van der Waals surface area contributed by atoms with Gasteiger partial charge in [-0.3, -0.25) is 19.4 Å². The molecule has 1 aromatic heterocycles. The van der Waals surface area contributed by atoms with Crippen molar-refractivity contribution >= 4 is 40.9 Å². The Balaban J connectivity index is 1.64. The number of nitrogens with zero attached hydrogens (tertiary/aromatic N) is 2. The third kappa shape index (κ3) is 3.94. The molecule has 4 rings (SSSR count). The predicted octanol–water partition coefficient (Wildman–Crippen LogP) is 1.46. The number of ether oxygens (including phenoxy) is 1. The minimum Gasteiger partial charge on any atom is -0.378 e. The summed E-state index contributed by atoms with van der Waals surface area (Å²) < 4.78 is 18.6. The molecule has 1 fully saturated rings. The number of benzene rings is 1. The maximum absolute atomic E-state index is 13.3. The van der Waals surface area contributed by atoms with E-state index in [0.717, 1.165) is 6.07 Å². The molecule has 2 aliphatic heterocycles. The van der Waals surface area contributed by atoms with Gasteiger partial charge < -0.3 is 20.3 Å². The van der Waals surface area contributed by atoms with Crippen LogP contribution in [0.1, 0.15) is 17.9 Å². The highest BCUT2D eigenvalue weighted by Crippen LogP contribution is 2.30. The molecule has 1 atom stereocenters. The predicted molar refractivity (Wildman–Crippen MR) is 104 cm³/mol. The Bertz CT molecular complexity index is 1040. The first-order valence-electron chi connectivity index (χ1n) is 8.95. The number of amides is 2. The second-order valence-electron chi connectivity index (χ2n) is 6.67. The Labute approximate surface area is 169 Å². The number of aromatic amines is 1. The number of carbonyl (C=O) groups is 2. The number of halogens is 2. The summed E-state index contributed by atoms with van der Waals surface area (Å²) in [5.74, 6) is -2.32. The van der Waals surface area contributed by atoms with E-state index < -0.39 is 29.1 Å². The quantitative estimate of drug-likeness (QED) is 0.691. The van der Waals surface area contributed by atoms with Crippen molar-refractivity contribution in [3.05, 3.63) is 45.0 Å². The van der Waals surface area contributed by atoms with Crippen LogP contribution in [0, 0.1) is 5.82 Å². The van der Waals surface area contributed by atoms with Crippen LogP contribution in [-0.4, -0.2) is 48.1 Å². The molecule has 3 N–H and O–H groups in total. The number of anilines is 3. The van der Waals surface area contributed by atoms with Crippen LogP contribution in [-0.2, 0) is 14.3 Å². The van der Waals surface area contributed by atoms with Gasteiger partial charge in [0.25, 0.3) is 5.56 Å². The average Bonchev–Trinajstić information content (AvgIpc) is 2.70. The third-order valence-corrected chi connectivity index (χ3v) is 5.04. The number of aromatic nitrogens is 2. The van der Waals surface area contributed by atoms with Gasteiger partial charge in [0.05, 0.1) is 29.7 Å². The Morgan fingerprint density at radius 1 is 1.31 bits per heavy atom. The molecule has 2 aliphatic rings. The normalized spacial score (nSPS) is 18.8. The number of rotatable bonds is 3. The van der Waals surface area contributed by atoms with Crippen molar-refractivity contribution in [3.8, 4) is 0 Å². The van der Waals surface area contributed by atoms with Crippen LogP contribution < -0.4 is 21.1 Å². The van der Waals surface area contributed by atoms with Crippen LogP contribution in [0.5, 0.6) is 0 Å². The Hall–Kier alpha value is -2.98. The fourth-order valence-corrected chi connectivity index (χ4v) is 3.49. The summed E-state index contributed by atoms with van der Waals surface area (Å²) in [6.45, 7) is 2.09. The highest BCUT2D eigenvalue weighted by molar-refractivity contribution is 6.31. The van der Waals surface area contributed by atoms with Gasteiger partial charge >= 0.3 is 0 Å². The SMILES string of the molecule is O=C1C[C@@H](C(=O)Nc2ccc(F)c(Cl)c2)c2c(nc(N3CCOCC3)[nH]c2=O)N1. The van der Waals surface area contributed by atoms with E-state index in [1.807, 2.05) is 4.90 Å². The van der Waals surface area contributed by atoms with E-state index in [9.17, 15) is 18.8 Å². The maximum Gasteiger partial charge on any atom is 0.258 e. The zero-order valence-corrected chi connectivity index (χ0v) is 15.9. The molecule has 1 saturated heterocycles. The van der Waals surface area contributed by atoms with Crippen molar-refractivity contribution in [1.29, 1.82) is 0 Å². The second-order valence-corrected chi connectivity index (χ2v) is 7.08. The lowest BCUT2D eigenvalue weighted by Gasteiger charge is -2.29. The van der Waals surface area contributed by atoms with Crippen LogP contribution >= 0.6 is 11.6 Å². The van der Waals surface area contributed by atoms with Gasteiger partial charge in [-0.25, -0.2) is 4.39 Å². The van der Waals surface area contributed by atoms with Crippen LogP contribution in [0.2, 0.25) is 5.02 Å². The van der Waals surface area contributed by atoms with E-state index in [-0.39, 0.29) is 28.5 Å². The monoisotopic (exact) mass is 421 g/mol. The van der Waals surface area contributed by atoms with E-state index >= 15 is 0 Å². The number of hydrogen-bond acceptors (Lipinski definition) is 6. The molecule has 152 valence electrons. The molecular weight excluding hydrogens is 405 g/mol. The van der Waals surface area contributed by atoms with Gasteiger partial charge in [0.15, 0.2) is 0 Å². The van der Waals surface area contributed by atoms with Gasteiger partial charge in [0.2, 0.25) is 17.8 Å². The smallest absolute Gasteiger partial charge is 0.258 e. The summed E-state index contributed by atoms with van der Waals surface area (Å²) in [7, 11) is 0. The standard InChI is InChI=1S/C18H17ClFN5O4/c19-11-7-9(1-2-12(11)20)21-16(27)10-8-13(26)22-15-14(10)17(28)24-18(23-15)25-3-5-29-6-4-25/h1-2,7,10H,3-6,8H2,(H,21,27)(H2,22,23,24,26,28)/t10-/m1/s1. The van der Waals surface area contributed by atoms with Gasteiger partial charge in [-0.1, -0.05) is 11.6 Å². The molecule has 11 heteroatoms. The molecule has 0 spiro atoms. The van der Waals surface area contributed by atoms with Crippen LogP contribution in [0.4, 0.5) is 21.8 Å². The molecule has 29 heavy (non-hydrogen) atoms. The van der Waals surface area contributed by atoms with Crippen molar-refractivity contribution in [3.63, 3.8) is 0 Å². The summed E-state index contributed by atoms with van der Waals surface area (Å²) in [4.78, 5) is 46.5. The van der Waals surface area contributed by atoms with Crippen molar-refractivity contribution in [2.75, 3.05) is 41.8 Å². The lowest BCUT2D eigenvalue weighted by Crippen LogP contribution is -2.41. The lowest BCUT2D eigenvalue weighted by molar-refractivity contribution is -0.123. The molecule has 3 heterocycles. The number of carbonyl (C=O) groups excluding carboxylic acids is 2. The van der Waals surface area contributed by atoms with Crippen molar-refractivity contribution in [2.24, 2.45) is 0 Å². The number of fused-ring (bicyclic) bond motifs is 1. The summed E-state index contributed by atoms with van der Waals surface area (Å²) in [6, 6.07) is 3.71. The van der Waals surface area contributed by atoms with E-state index in [4.69, 9.17) is 16.3 Å². The van der Waals surface area contributed by atoms with Crippen LogP contribution in [0.15, 0.2) is 23.0 Å². The molecule has 2 aromatic rings. The first-order chi connectivity index (χ1) is 13.9. The molecule has 0 radical (unpaired) electrons. The van der Waals surface area contributed by atoms with Crippen molar-refractivity contribution < 1.29 is 18.7 Å². The van der Waals surface area contributed by atoms with Gasteiger partial charge in [-0.15, -0.1) is 0 Å². The van der Waals surface area contributed by atoms with E-state index in [1.54, 1.807) is 0 Å². The fraction of sp³-hybridized carbons (Fsp3) is 0.333. The molecule has 0 aliphatic carbocycles. The lowest BCUT2D eigenvalue weighted by atomic mass is 9.92. The molecule has 0 bridgehead atoms. The number of morpholine rings is 1. The van der Waals surface area contributed by atoms with E-state index in [2.05, 4.69) is 20.6 Å². The van der Waals surface area contributed by atoms with Crippen molar-refractivity contribution in [1.82, 2.24) is 9.97 Å². The van der Waals surface area contributed by atoms with Crippen LogP contribution in [0.25, 0.3) is 0 Å². The van der Waals surface area contributed by atoms with Gasteiger partial charge in [0.1, 0.15) is 11.6 Å². The Morgan fingerprint density at radius 2 is 2.07 bits per heavy atom. The van der Waals surface area contributed by atoms with E-state index in [1.165, 1.54) is 12.1 Å². The molecule has 9 nitrogen and oxygen atoms in total. The summed E-state index contributed by atoms with van der Waals surface area (Å²) in [5, 5.41) is 4.98. The molecule has 1 aromatic carbocycles. The van der Waals surface area contributed by atoms with E-state index in [0.29, 0.717) is 32.3 Å². The highest BCUT2D eigenvalue weighted by Gasteiger charge is 2.35. The topological polar surface area (TPSA) is 116 Å². The van der Waals surface area contributed by atoms with Gasteiger partial charge in [0, 0.05) is 25.2 Å². The second kappa shape index (κ2) is 7.80. The molecule has 2 amide bonds. The summed E-state index contributed by atoms with van der Waals surface area (Å²) in [5.41, 5.74) is -0.177. The maximum atomic E-state index is 13.3. The minimum atomic E-state index is -1.04. The van der Waals surface area contributed by atoms with Crippen molar-refractivity contribution in [2.45, 2.75) is 12.3 Å². The first kappa shape index (κ1) is 19.3. The summed E-state index contributed by atoms with van der Waals surface area (Å²) in [6.07, 6.45) is -0.213. The Kier molecular flexibility index (Phi) is 5.20. The fourth-order valence-electron chi connectivity index (χ4n) is 3.31. The number of hydrogen-bond donors (Lipinski definition) is 3. The number of nitrogens with one attached hydrogen (secondary N) is 3. The van der Waals surface area contributed by atoms with Crippen LogP contribution in [0.3, 0.4) is 0 Å². The number of H-pyrrole nitrogens is 1. The average molecular weight is 422 g/mol. The van der Waals surface area contributed by atoms with Gasteiger partial charge in [-0.05, 0) is 18.2 Å². The highest BCUT2D eigenvalue weighted by atomic mass is 35.5. The minimum absolute atomic E-state index is 0.0591. The zero-order chi connectivity index (χ0) is 20.5. The third-order valence-electron chi connectivity index (χ3n) is 4.75. The summed E-state index contributed by atoms with van der Waals surface area (Å²) >= 11 is 5.73. The first-order valence-corrected chi connectivity index (χ1v) is 9.33. The molecule has 0 saturated carbocycles. The molecular formula is C18H17ClFN5O4. The largest absolute Gasteiger partial charge is 0.378 e. The Morgan fingerprint density at radius 3 is 2.79 bits per heavy atom. The van der Waals surface area contributed by atoms with Gasteiger partial charge in [-0.2, -0.15) is 4.98 Å².